The van der Waals surface area contributed by atoms with E-state index >= 15 is 0 Å². The summed E-state index contributed by atoms with van der Waals surface area (Å²) < 4.78 is 11.8. The minimum Gasteiger partial charge on any atom is -0.492 e. The Morgan fingerprint density at radius 2 is 1.77 bits per heavy atom. The molecule has 0 saturated heterocycles. The summed E-state index contributed by atoms with van der Waals surface area (Å²) in [6.45, 7) is 6.49. The quantitative estimate of drug-likeness (QED) is 0.414. The first-order valence-electron chi connectivity index (χ1n) is 10.5. The van der Waals surface area contributed by atoms with E-state index in [0.29, 0.717) is 32.3 Å². The van der Waals surface area contributed by atoms with E-state index in [4.69, 9.17) is 9.47 Å². The molecule has 1 atom stereocenters. The van der Waals surface area contributed by atoms with Gasteiger partial charge in [-0.3, -0.25) is 4.99 Å². The number of hydrogen-bond acceptors (Lipinski definition) is 4. The summed E-state index contributed by atoms with van der Waals surface area (Å²) in [4.78, 5) is 6.43. The largest absolute Gasteiger partial charge is 0.492 e. The van der Waals surface area contributed by atoms with E-state index in [0.717, 1.165) is 30.4 Å². The third-order valence-corrected chi connectivity index (χ3v) is 4.57. The van der Waals surface area contributed by atoms with Gasteiger partial charge in [-0.1, -0.05) is 55.5 Å². The number of aliphatic imine (C=N–C) groups is 1. The van der Waals surface area contributed by atoms with Crippen LogP contribution in [0.2, 0.25) is 0 Å². The lowest BCUT2D eigenvalue weighted by Gasteiger charge is -2.18. The van der Waals surface area contributed by atoms with E-state index in [9.17, 15) is 0 Å². The summed E-state index contributed by atoms with van der Waals surface area (Å²) in [5.41, 5.74) is 2.31. The highest BCUT2D eigenvalue weighted by molar-refractivity contribution is 5.79. The van der Waals surface area contributed by atoms with Gasteiger partial charge < -0.3 is 25.0 Å². The van der Waals surface area contributed by atoms with Crippen LogP contribution in [-0.2, 0) is 17.9 Å². The van der Waals surface area contributed by atoms with Crippen LogP contribution in [0.1, 0.15) is 18.1 Å². The number of nitrogens with one attached hydrogen (secondary N) is 2. The molecule has 164 valence electrons. The van der Waals surface area contributed by atoms with Gasteiger partial charge in [-0.25, -0.2) is 0 Å². The Hall–Kier alpha value is -2.57. The van der Waals surface area contributed by atoms with E-state index in [1.54, 1.807) is 7.05 Å². The van der Waals surface area contributed by atoms with Crippen molar-refractivity contribution in [3.63, 3.8) is 0 Å². The first-order chi connectivity index (χ1) is 14.6. The summed E-state index contributed by atoms with van der Waals surface area (Å²) in [5.74, 6) is 2.05. The van der Waals surface area contributed by atoms with Crippen LogP contribution in [0, 0.1) is 5.92 Å². The molecule has 30 heavy (non-hydrogen) atoms. The average molecular weight is 413 g/mol. The molecule has 0 fully saturated rings. The average Bonchev–Trinajstić information content (AvgIpc) is 2.75. The van der Waals surface area contributed by atoms with Gasteiger partial charge in [-0.2, -0.15) is 0 Å². The van der Waals surface area contributed by atoms with Gasteiger partial charge in [0.1, 0.15) is 12.4 Å². The molecule has 1 unspecified atom stereocenters. The number of hydrogen-bond donors (Lipinski definition) is 2. The van der Waals surface area contributed by atoms with E-state index in [1.165, 1.54) is 5.56 Å². The zero-order valence-corrected chi connectivity index (χ0v) is 18.7. The highest BCUT2D eigenvalue weighted by atomic mass is 16.5. The minimum atomic E-state index is 0.369. The second-order valence-electron chi connectivity index (χ2n) is 7.67. The molecule has 0 aliphatic heterocycles. The zero-order chi connectivity index (χ0) is 21.6. The van der Waals surface area contributed by atoms with Crippen molar-refractivity contribution in [2.75, 3.05) is 47.4 Å². The fourth-order valence-corrected chi connectivity index (χ4v) is 2.81. The van der Waals surface area contributed by atoms with Crippen LogP contribution in [0.5, 0.6) is 5.75 Å². The van der Waals surface area contributed by atoms with Crippen LogP contribution in [0.4, 0.5) is 0 Å². The van der Waals surface area contributed by atoms with E-state index < -0.39 is 0 Å². The van der Waals surface area contributed by atoms with Crippen molar-refractivity contribution in [1.82, 2.24) is 15.5 Å². The van der Waals surface area contributed by atoms with Gasteiger partial charge in [0.25, 0.3) is 0 Å². The summed E-state index contributed by atoms with van der Waals surface area (Å²) in [6.07, 6.45) is 0. The molecular formula is C24H36N4O2. The molecule has 0 amide bonds. The first kappa shape index (κ1) is 23.7. The molecular weight excluding hydrogens is 376 g/mol. The van der Waals surface area contributed by atoms with Crippen molar-refractivity contribution in [3.8, 4) is 5.75 Å². The van der Waals surface area contributed by atoms with Gasteiger partial charge >= 0.3 is 0 Å². The van der Waals surface area contributed by atoms with Gasteiger partial charge in [0.15, 0.2) is 5.96 Å². The fourth-order valence-electron chi connectivity index (χ4n) is 2.81. The lowest BCUT2D eigenvalue weighted by atomic mass is 10.2. The number of nitrogens with zero attached hydrogens (tertiary/aromatic N) is 2. The van der Waals surface area contributed by atoms with Gasteiger partial charge in [0.05, 0.1) is 13.2 Å². The van der Waals surface area contributed by atoms with Crippen molar-refractivity contribution in [3.05, 3.63) is 65.7 Å². The van der Waals surface area contributed by atoms with Gasteiger partial charge in [-0.15, -0.1) is 0 Å². The molecule has 0 aliphatic carbocycles. The molecule has 2 N–H and O–H groups in total. The fraction of sp³-hybridized carbons (Fsp3) is 0.458. The van der Waals surface area contributed by atoms with Gasteiger partial charge in [0, 0.05) is 32.2 Å². The Labute approximate surface area is 181 Å². The maximum absolute atomic E-state index is 5.93. The number of para-hydroxylation sites is 1. The smallest absolute Gasteiger partial charge is 0.191 e. The predicted octanol–water partition coefficient (Wildman–Crippen LogP) is 3.14. The van der Waals surface area contributed by atoms with Crippen LogP contribution < -0.4 is 15.4 Å². The minimum absolute atomic E-state index is 0.369. The van der Waals surface area contributed by atoms with E-state index in [1.807, 2.05) is 50.5 Å². The number of ether oxygens (including phenoxy) is 2. The molecule has 0 aromatic heterocycles. The highest BCUT2D eigenvalue weighted by Gasteiger charge is 2.07. The Bertz CT molecular complexity index is 750. The molecule has 2 rings (SSSR count). The Morgan fingerprint density at radius 1 is 1.03 bits per heavy atom. The number of benzene rings is 2. The van der Waals surface area contributed by atoms with E-state index in [-0.39, 0.29) is 0 Å². The van der Waals surface area contributed by atoms with Gasteiger partial charge in [0.2, 0.25) is 0 Å². The van der Waals surface area contributed by atoms with Crippen molar-refractivity contribution >= 4 is 5.96 Å². The molecule has 0 bridgehead atoms. The van der Waals surface area contributed by atoms with Crippen molar-refractivity contribution in [1.29, 1.82) is 0 Å². The molecule has 2 aromatic rings. The number of guanidine groups is 1. The number of likely N-dealkylation sites (N-methyl/N-ethyl adjacent to an activating group) is 1. The van der Waals surface area contributed by atoms with Crippen molar-refractivity contribution < 1.29 is 9.47 Å². The van der Waals surface area contributed by atoms with Gasteiger partial charge in [-0.05, 0) is 31.6 Å². The lowest BCUT2D eigenvalue weighted by molar-refractivity contribution is 0.0931. The van der Waals surface area contributed by atoms with E-state index in [2.05, 4.69) is 45.6 Å². The molecule has 0 spiro atoms. The molecule has 0 saturated carbocycles. The monoisotopic (exact) mass is 412 g/mol. The summed E-state index contributed by atoms with van der Waals surface area (Å²) in [7, 11) is 5.87. The number of rotatable bonds is 12. The van der Waals surface area contributed by atoms with Crippen LogP contribution in [0.3, 0.4) is 0 Å². The van der Waals surface area contributed by atoms with Crippen LogP contribution in [-0.4, -0.2) is 58.3 Å². The maximum atomic E-state index is 5.93. The second-order valence-corrected chi connectivity index (χ2v) is 7.67. The third-order valence-electron chi connectivity index (χ3n) is 4.57. The molecule has 6 nitrogen and oxygen atoms in total. The summed E-state index contributed by atoms with van der Waals surface area (Å²) >= 11 is 0. The summed E-state index contributed by atoms with van der Waals surface area (Å²) in [5, 5.41) is 6.75. The SMILES string of the molecule is CN=C(NCc1ccccc1OCCN(C)C)NCC(C)COCc1ccccc1. The van der Waals surface area contributed by atoms with Crippen molar-refractivity contribution in [2.24, 2.45) is 10.9 Å². The first-order valence-corrected chi connectivity index (χ1v) is 10.5. The lowest BCUT2D eigenvalue weighted by Crippen LogP contribution is -2.39. The topological polar surface area (TPSA) is 58.1 Å². The van der Waals surface area contributed by atoms with Crippen LogP contribution in [0.25, 0.3) is 0 Å². The highest BCUT2D eigenvalue weighted by Crippen LogP contribution is 2.17. The summed E-state index contributed by atoms with van der Waals surface area (Å²) in [6, 6.07) is 18.4. The Kier molecular flexibility index (Phi) is 10.8. The molecule has 0 heterocycles. The zero-order valence-electron chi connectivity index (χ0n) is 18.7. The molecule has 6 heteroatoms. The standard InChI is InChI=1S/C24H36N4O2/c1-20(18-29-19-21-10-6-5-7-11-21)16-26-24(25-2)27-17-22-12-8-9-13-23(22)30-15-14-28(3)4/h5-13,20H,14-19H2,1-4H3,(H2,25,26,27). The Morgan fingerprint density at radius 3 is 2.50 bits per heavy atom. The predicted molar refractivity (Wildman–Crippen MR) is 124 cm³/mol. The van der Waals surface area contributed by atoms with Crippen LogP contribution in [0.15, 0.2) is 59.6 Å². The van der Waals surface area contributed by atoms with Crippen molar-refractivity contribution in [2.45, 2.75) is 20.1 Å². The molecule has 0 radical (unpaired) electrons. The molecule has 2 aromatic carbocycles. The Balaban J connectivity index is 1.71. The maximum Gasteiger partial charge on any atom is 0.191 e. The molecule has 0 aliphatic rings. The van der Waals surface area contributed by atoms with Crippen LogP contribution >= 0.6 is 0 Å². The normalized spacial score (nSPS) is 12.6. The third kappa shape index (κ3) is 9.29. The second kappa shape index (κ2) is 13.6.